The Morgan fingerprint density at radius 3 is 2.47 bits per heavy atom. The number of hydrogen-bond acceptors (Lipinski definition) is 2. The highest BCUT2D eigenvalue weighted by molar-refractivity contribution is 9.10. The van der Waals surface area contributed by atoms with Crippen molar-refractivity contribution >= 4 is 27.3 Å². The number of aliphatic imine (C=N–C) groups is 1. The molecule has 0 spiro atoms. The van der Waals surface area contributed by atoms with Gasteiger partial charge in [-0.2, -0.15) is 0 Å². The zero-order valence-electron chi connectivity index (χ0n) is 10.3. The smallest absolute Gasteiger partial charge is 0.150 e. The fraction of sp³-hybridized carbons (Fsp3) is 0.462. The van der Waals surface area contributed by atoms with Crippen molar-refractivity contribution in [3.05, 3.63) is 28.0 Å². The van der Waals surface area contributed by atoms with E-state index in [1.165, 1.54) is 6.07 Å². The SMILES string of the molecule is CC(C)(O)C1=Nc2c(F)cc(Br)cc2C1(C)C. The van der Waals surface area contributed by atoms with Gasteiger partial charge >= 0.3 is 0 Å². The van der Waals surface area contributed by atoms with Gasteiger partial charge in [0, 0.05) is 9.89 Å². The van der Waals surface area contributed by atoms with Crippen molar-refractivity contribution in [1.82, 2.24) is 0 Å². The van der Waals surface area contributed by atoms with Gasteiger partial charge in [-0.25, -0.2) is 4.39 Å². The minimum absolute atomic E-state index is 0.343. The van der Waals surface area contributed by atoms with Crippen LogP contribution in [0.3, 0.4) is 0 Å². The summed E-state index contributed by atoms with van der Waals surface area (Å²) >= 11 is 3.28. The van der Waals surface area contributed by atoms with Gasteiger partial charge in [0.25, 0.3) is 0 Å². The van der Waals surface area contributed by atoms with E-state index in [2.05, 4.69) is 20.9 Å². The van der Waals surface area contributed by atoms with Gasteiger partial charge in [-0.3, -0.25) is 4.99 Å². The maximum absolute atomic E-state index is 13.8. The molecule has 0 aromatic heterocycles. The van der Waals surface area contributed by atoms with Gasteiger partial charge in [0.2, 0.25) is 0 Å². The van der Waals surface area contributed by atoms with Crippen LogP contribution in [0.2, 0.25) is 0 Å². The Hall–Kier alpha value is -0.740. The Morgan fingerprint density at radius 1 is 1.35 bits per heavy atom. The Labute approximate surface area is 109 Å². The van der Waals surface area contributed by atoms with Crippen molar-refractivity contribution in [3.8, 4) is 0 Å². The lowest BCUT2D eigenvalue weighted by Crippen LogP contribution is -2.42. The fourth-order valence-electron chi connectivity index (χ4n) is 2.44. The lowest BCUT2D eigenvalue weighted by molar-refractivity contribution is 0.147. The number of aliphatic hydroxyl groups is 1. The lowest BCUT2D eigenvalue weighted by atomic mass is 9.76. The molecule has 0 bridgehead atoms. The minimum atomic E-state index is -1.05. The number of halogens is 2. The first-order valence-corrected chi connectivity index (χ1v) is 6.25. The summed E-state index contributed by atoms with van der Waals surface area (Å²) < 4.78 is 14.5. The highest BCUT2D eigenvalue weighted by Gasteiger charge is 2.43. The topological polar surface area (TPSA) is 32.6 Å². The number of rotatable bonds is 1. The van der Waals surface area contributed by atoms with Gasteiger partial charge in [0.05, 0.1) is 11.3 Å². The Kier molecular flexibility index (Phi) is 2.71. The van der Waals surface area contributed by atoms with Gasteiger partial charge in [-0.05, 0) is 31.5 Å². The molecule has 1 aromatic carbocycles. The normalized spacial score (nSPS) is 17.9. The molecule has 0 aliphatic carbocycles. The van der Waals surface area contributed by atoms with Crippen LogP contribution in [-0.2, 0) is 5.41 Å². The molecule has 0 saturated carbocycles. The molecule has 0 fully saturated rings. The van der Waals surface area contributed by atoms with Crippen molar-refractivity contribution in [2.75, 3.05) is 0 Å². The second kappa shape index (κ2) is 3.62. The van der Waals surface area contributed by atoms with Crippen molar-refractivity contribution in [3.63, 3.8) is 0 Å². The summed E-state index contributed by atoms with van der Waals surface area (Å²) in [5.74, 6) is -0.360. The van der Waals surface area contributed by atoms with Crippen molar-refractivity contribution in [1.29, 1.82) is 0 Å². The summed E-state index contributed by atoms with van der Waals surface area (Å²) in [5.41, 5.74) is 0.230. The van der Waals surface area contributed by atoms with E-state index in [0.717, 1.165) is 5.56 Å². The third-order valence-corrected chi connectivity index (χ3v) is 3.55. The molecular weight excluding hydrogens is 285 g/mol. The summed E-state index contributed by atoms with van der Waals surface area (Å²) in [5, 5.41) is 10.1. The molecule has 1 aromatic rings. The molecule has 1 aliphatic heterocycles. The molecular formula is C13H15BrFNO. The van der Waals surface area contributed by atoms with Crippen LogP contribution in [0.25, 0.3) is 0 Å². The van der Waals surface area contributed by atoms with E-state index in [1.807, 2.05) is 19.9 Å². The van der Waals surface area contributed by atoms with Crippen LogP contribution in [-0.4, -0.2) is 16.4 Å². The lowest BCUT2D eigenvalue weighted by Gasteiger charge is -2.30. The summed E-state index contributed by atoms with van der Waals surface area (Å²) in [6, 6.07) is 3.26. The van der Waals surface area contributed by atoms with E-state index in [4.69, 9.17) is 0 Å². The molecule has 92 valence electrons. The van der Waals surface area contributed by atoms with Gasteiger partial charge in [0.1, 0.15) is 11.5 Å². The first-order valence-electron chi connectivity index (χ1n) is 5.45. The largest absolute Gasteiger partial charge is 0.384 e. The van der Waals surface area contributed by atoms with Crippen LogP contribution in [0.15, 0.2) is 21.6 Å². The van der Waals surface area contributed by atoms with Gasteiger partial charge in [-0.1, -0.05) is 29.8 Å². The summed E-state index contributed by atoms with van der Waals surface area (Å²) in [7, 11) is 0. The van der Waals surface area contributed by atoms with Crippen molar-refractivity contribution < 1.29 is 9.50 Å². The standard InChI is InChI=1S/C13H15BrFNO/c1-12(2)8-5-7(14)6-9(15)10(8)16-11(12)13(3,4)17/h5-6,17H,1-4H3. The molecule has 0 atom stereocenters. The maximum atomic E-state index is 13.8. The molecule has 1 aliphatic rings. The van der Waals surface area contributed by atoms with Crippen LogP contribution >= 0.6 is 15.9 Å². The monoisotopic (exact) mass is 299 g/mol. The van der Waals surface area contributed by atoms with Gasteiger partial charge in [-0.15, -0.1) is 0 Å². The molecule has 1 heterocycles. The highest BCUT2D eigenvalue weighted by atomic mass is 79.9. The van der Waals surface area contributed by atoms with Crippen LogP contribution < -0.4 is 0 Å². The first kappa shape index (κ1) is 12.7. The van der Waals surface area contributed by atoms with Crippen LogP contribution in [0.4, 0.5) is 10.1 Å². The number of fused-ring (bicyclic) bond motifs is 1. The average Bonchev–Trinajstić information content (AvgIpc) is 2.38. The van der Waals surface area contributed by atoms with Crippen molar-refractivity contribution in [2.45, 2.75) is 38.7 Å². The molecule has 2 nitrogen and oxygen atoms in total. The highest BCUT2D eigenvalue weighted by Crippen LogP contribution is 2.45. The minimum Gasteiger partial charge on any atom is -0.384 e. The Morgan fingerprint density at radius 2 is 1.94 bits per heavy atom. The quantitative estimate of drug-likeness (QED) is 0.842. The molecule has 4 heteroatoms. The van der Waals surface area contributed by atoms with E-state index in [0.29, 0.717) is 15.9 Å². The predicted octanol–water partition coefficient (Wildman–Crippen LogP) is 3.72. The van der Waals surface area contributed by atoms with E-state index < -0.39 is 11.0 Å². The van der Waals surface area contributed by atoms with Gasteiger partial charge < -0.3 is 5.11 Å². The third kappa shape index (κ3) is 1.93. The summed E-state index contributed by atoms with van der Waals surface area (Å²) in [6.07, 6.45) is 0. The van der Waals surface area contributed by atoms with Gasteiger partial charge in [0.15, 0.2) is 0 Å². The molecule has 0 unspecified atom stereocenters. The number of benzene rings is 1. The van der Waals surface area contributed by atoms with E-state index in [1.54, 1.807) is 13.8 Å². The molecule has 0 saturated heterocycles. The summed E-state index contributed by atoms with van der Waals surface area (Å²) in [6.45, 7) is 7.24. The second-order valence-electron chi connectivity index (χ2n) is 5.43. The molecule has 0 amide bonds. The van der Waals surface area contributed by atoms with Crippen LogP contribution in [0.1, 0.15) is 33.3 Å². The Balaban J connectivity index is 2.69. The second-order valence-corrected chi connectivity index (χ2v) is 6.34. The number of hydrogen-bond donors (Lipinski definition) is 1. The zero-order valence-corrected chi connectivity index (χ0v) is 11.9. The van der Waals surface area contributed by atoms with E-state index >= 15 is 0 Å². The third-order valence-electron chi connectivity index (χ3n) is 3.10. The molecule has 1 N–H and O–H groups in total. The van der Waals surface area contributed by atoms with Crippen LogP contribution in [0.5, 0.6) is 0 Å². The molecule has 0 radical (unpaired) electrons. The molecule has 17 heavy (non-hydrogen) atoms. The fourth-order valence-corrected chi connectivity index (χ4v) is 2.87. The average molecular weight is 300 g/mol. The Bertz CT molecular complexity index is 515. The zero-order chi connectivity index (χ0) is 13.0. The van der Waals surface area contributed by atoms with E-state index in [9.17, 15) is 9.50 Å². The first-order chi connectivity index (χ1) is 7.64. The van der Waals surface area contributed by atoms with E-state index in [-0.39, 0.29) is 5.82 Å². The van der Waals surface area contributed by atoms with Crippen LogP contribution in [0, 0.1) is 5.82 Å². The summed E-state index contributed by atoms with van der Waals surface area (Å²) in [4.78, 5) is 4.29. The predicted molar refractivity (Wildman–Crippen MR) is 70.5 cm³/mol. The molecule has 2 rings (SSSR count). The maximum Gasteiger partial charge on any atom is 0.150 e. The van der Waals surface area contributed by atoms with Crippen molar-refractivity contribution in [2.24, 2.45) is 4.99 Å². The number of nitrogens with zero attached hydrogens (tertiary/aromatic N) is 1.